The van der Waals surface area contributed by atoms with Crippen LogP contribution in [0.3, 0.4) is 0 Å². The van der Waals surface area contributed by atoms with Crippen molar-refractivity contribution < 1.29 is 14.6 Å². The van der Waals surface area contributed by atoms with E-state index < -0.39 is 11.7 Å². The molecule has 0 spiro atoms. The molecule has 35 heavy (non-hydrogen) atoms. The Hall–Kier alpha value is -4.78. The third-order valence-electron chi connectivity index (χ3n) is 5.85. The number of aromatic hydroxyl groups is 1. The van der Waals surface area contributed by atoms with E-state index in [-0.39, 0.29) is 28.9 Å². The van der Waals surface area contributed by atoms with Crippen molar-refractivity contribution in [2.45, 2.75) is 19.4 Å². The van der Waals surface area contributed by atoms with Gasteiger partial charge in [0.25, 0.3) is 5.91 Å². The van der Waals surface area contributed by atoms with Gasteiger partial charge in [-0.3, -0.25) is 13.9 Å². The molecule has 4 aromatic rings. The van der Waals surface area contributed by atoms with Crippen molar-refractivity contribution in [2.75, 3.05) is 18.8 Å². The molecule has 1 aliphatic rings. The molecule has 0 saturated carbocycles. The standard InChI is InChI=1S/C25H22N6O4/c1-2-6-20(32)29-14-13-17(15-29)31-23-21(22(26)27-24(33)28-23)30(25(31)34)16-9-11-19(12-10-16)35-18-7-4-3-5-8-18/h3-5,7-12,17H,13-15H2,1H3,(H3,26,27,28,33). The number of aromatic nitrogens is 4. The minimum absolute atomic E-state index is 0.0317. The van der Waals surface area contributed by atoms with Crippen LogP contribution in [0.15, 0.2) is 59.4 Å². The summed E-state index contributed by atoms with van der Waals surface area (Å²) < 4.78 is 8.72. The number of para-hydroxylation sites is 1. The van der Waals surface area contributed by atoms with E-state index >= 15 is 0 Å². The fourth-order valence-corrected chi connectivity index (χ4v) is 4.30. The number of imidazole rings is 1. The summed E-state index contributed by atoms with van der Waals surface area (Å²) in [6, 6.07) is 15.4. The SMILES string of the molecule is CC#CC(=O)N1CCC(n2c(=O)n(-c3ccc(Oc4ccccc4)cc3)c3c(N)nc(O)nc32)C1. The third-order valence-corrected chi connectivity index (χ3v) is 5.85. The number of rotatable bonds is 4. The van der Waals surface area contributed by atoms with Crippen molar-refractivity contribution in [3.63, 3.8) is 0 Å². The maximum Gasteiger partial charge on any atom is 0.335 e. The Morgan fingerprint density at radius 3 is 2.54 bits per heavy atom. The van der Waals surface area contributed by atoms with E-state index in [1.54, 1.807) is 36.1 Å². The van der Waals surface area contributed by atoms with Crippen LogP contribution in [-0.4, -0.2) is 48.1 Å². The summed E-state index contributed by atoms with van der Waals surface area (Å²) in [5.74, 6) is 6.10. The molecular formula is C25H22N6O4. The molecule has 176 valence electrons. The van der Waals surface area contributed by atoms with Crippen molar-refractivity contribution in [2.24, 2.45) is 0 Å². The molecule has 5 rings (SSSR count). The highest BCUT2D eigenvalue weighted by Gasteiger charge is 2.32. The Labute approximate surface area is 200 Å². The first kappa shape index (κ1) is 22.0. The maximum atomic E-state index is 13.7. The molecule has 0 aliphatic carbocycles. The number of hydrogen-bond donors (Lipinski definition) is 2. The zero-order valence-electron chi connectivity index (χ0n) is 18.9. The van der Waals surface area contributed by atoms with E-state index in [1.165, 1.54) is 9.13 Å². The zero-order valence-corrected chi connectivity index (χ0v) is 18.9. The van der Waals surface area contributed by atoms with Gasteiger partial charge in [0, 0.05) is 13.1 Å². The Kier molecular flexibility index (Phi) is 5.58. The van der Waals surface area contributed by atoms with Gasteiger partial charge in [-0.15, -0.1) is 0 Å². The largest absolute Gasteiger partial charge is 0.479 e. The molecule has 2 aromatic heterocycles. The topological polar surface area (TPSA) is 128 Å². The van der Waals surface area contributed by atoms with Gasteiger partial charge in [-0.05, 0) is 55.7 Å². The minimum atomic E-state index is -0.532. The fourth-order valence-electron chi connectivity index (χ4n) is 4.30. The lowest BCUT2D eigenvalue weighted by Crippen LogP contribution is -2.31. The van der Waals surface area contributed by atoms with E-state index in [2.05, 4.69) is 21.8 Å². The summed E-state index contributed by atoms with van der Waals surface area (Å²) in [6.45, 7) is 2.35. The molecule has 0 bridgehead atoms. The summed E-state index contributed by atoms with van der Waals surface area (Å²) in [6.07, 6.45) is 0.532. The number of fused-ring (bicyclic) bond motifs is 1. The number of carbonyl (C=O) groups excluding carboxylic acids is 1. The van der Waals surface area contributed by atoms with Crippen LogP contribution >= 0.6 is 0 Å². The normalized spacial score (nSPS) is 15.1. The monoisotopic (exact) mass is 470 g/mol. The lowest BCUT2D eigenvalue weighted by molar-refractivity contribution is -0.124. The molecule has 1 saturated heterocycles. The first-order valence-corrected chi connectivity index (χ1v) is 11.0. The Bertz CT molecular complexity index is 1530. The van der Waals surface area contributed by atoms with Crippen molar-refractivity contribution in [3.05, 3.63) is 65.1 Å². The zero-order chi connectivity index (χ0) is 24.5. The van der Waals surface area contributed by atoms with Crippen molar-refractivity contribution in [3.8, 4) is 35.0 Å². The second-order valence-electron chi connectivity index (χ2n) is 8.05. The minimum Gasteiger partial charge on any atom is -0.479 e. The van der Waals surface area contributed by atoms with Gasteiger partial charge in [-0.1, -0.05) is 24.1 Å². The first-order valence-electron chi connectivity index (χ1n) is 11.0. The number of benzene rings is 2. The molecule has 10 nitrogen and oxygen atoms in total. The van der Waals surface area contributed by atoms with Crippen molar-refractivity contribution in [1.29, 1.82) is 0 Å². The quantitative estimate of drug-likeness (QED) is 0.439. The van der Waals surface area contributed by atoms with Gasteiger partial charge >= 0.3 is 11.7 Å². The van der Waals surface area contributed by atoms with Gasteiger partial charge in [-0.2, -0.15) is 9.97 Å². The number of nitrogens with two attached hydrogens (primary N) is 1. The van der Waals surface area contributed by atoms with Crippen LogP contribution in [0, 0.1) is 11.8 Å². The Morgan fingerprint density at radius 1 is 1.11 bits per heavy atom. The molecule has 1 unspecified atom stereocenters. The number of hydrogen-bond acceptors (Lipinski definition) is 7. The molecule has 1 fully saturated rings. The third kappa shape index (κ3) is 4.04. The summed E-state index contributed by atoms with van der Waals surface area (Å²) in [5.41, 5.74) is 6.74. The van der Waals surface area contributed by atoms with Crippen molar-refractivity contribution >= 4 is 22.9 Å². The second-order valence-corrected chi connectivity index (χ2v) is 8.05. The van der Waals surface area contributed by atoms with Crippen LogP contribution in [0.4, 0.5) is 5.82 Å². The summed E-state index contributed by atoms with van der Waals surface area (Å²) in [5, 5.41) is 10.0. The van der Waals surface area contributed by atoms with Gasteiger partial charge in [0.2, 0.25) is 0 Å². The van der Waals surface area contributed by atoms with E-state index in [0.29, 0.717) is 36.7 Å². The highest BCUT2D eigenvalue weighted by molar-refractivity contribution is 5.93. The predicted octanol–water partition coefficient (Wildman–Crippen LogP) is 2.46. The van der Waals surface area contributed by atoms with Gasteiger partial charge in [0.15, 0.2) is 11.5 Å². The smallest absolute Gasteiger partial charge is 0.335 e. The highest BCUT2D eigenvalue weighted by atomic mass is 16.5. The maximum absolute atomic E-state index is 13.7. The van der Waals surface area contributed by atoms with Gasteiger partial charge < -0.3 is 20.5 Å². The number of ether oxygens (including phenoxy) is 1. The number of amides is 1. The summed E-state index contributed by atoms with van der Waals surface area (Å²) in [7, 11) is 0. The lowest BCUT2D eigenvalue weighted by atomic mass is 10.2. The fraction of sp³-hybridized carbons (Fsp3) is 0.200. The summed E-state index contributed by atoms with van der Waals surface area (Å²) in [4.78, 5) is 35.5. The molecule has 3 heterocycles. The van der Waals surface area contributed by atoms with E-state index in [0.717, 1.165) is 0 Å². The van der Waals surface area contributed by atoms with Crippen molar-refractivity contribution in [1.82, 2.24) is 24.0 Å². The molecule has 2 aromatic carbocycles. The highest BCUT2D eigenvalue weighted by Crippen LogP contribution is 2.30. The molecule has 1 atom stereocenters. The van der Waals surface area contributed by atoms with Gasteiger partial charge in [0.1, 0.15) is 17.0 Å². The lowest BCUT2D eigenvalue weighted by Gasteiger charge is -2.14. The molecule has 1 amide bonds. The van der Waals surface area contributed by atoms with Crippen LogP contribution in [-0.2, 0) is 4.79 Å². The Balaban J connectivity index is 1.57. The van der Waals surface area contributed by atoms with Crippen LogP contribution in [0.2, 0.25) is 0 Å². The number of carbonyl (C=O) groups is 1. The average molecular weight is 470 g/mol. The molecule has 10 heteroatoms. The first-order chi connectivity index (χ1) is 17.0. The van der Waals surface area contributed by atoms with Crippen LogP contribution in [0.5, 0.6) is 17.5 Å². The number of likely N-dealkylation sites (tertiary alicyclic amines) is 1. The van der Waals surface area contributed by atoms with Gasteiger partial charge in [0.05, 0.1) is 11.7 Å². The molecular weight excluding hydrogens is 448 g/mol. The number of nitrogens with zero attached hydrogens (tertiary/aromatic N) is 5. The second kappa shape index (κ2) is 8.87. The van der Waals surface area contributed by atoms with Crippen LogP contribution < -0.4 is 16.2 Å². The van der Waals surface area contributed by atoms with E-state index in [9.17, 15) is 14.7 Å². The number of nitrogen functional groups attached to an aromatic ring is 1. The van der Waals surface area contributed by atoms with Gasteiger partial charge in [-0.25, -0.2) is 4.79 Å². The summed E-state index contributed by atoms with van der Waals surface area (Å²) >= 11 is 0. The van der Waals surface area contributed by atoms with Crippen LogP contribution in [0.1, 0.15) is 19.4 Å². The molecule has 1 aliphatic heterocycles. The molecule has 3 N–H and O–H groups in total. The predicted molar refractivity (Wildman–Crippen MR) is 129 cm³/mol. The van der Waals surface area contributed by atoms with E-state index in [4.69, 9.17) is 10.5 Å². The Morgan fingerprint density at radius 2 is 1.83 bits per heavy atom. The average Bonchev–Trinajstić information content (AvgIpc) is 3.43. The van der Waals surface area contributed by atoms with Crippen LogP contribution in [0.25, 0.3) is 16.9 Å². The molecule has 0 radical (unpaired) electrons. The van der Waals surface area contributed by atoms with E-state index in [1.807, 2.05) is 30.3 Å². The number of anilines is 1.